The Hall–Kier alpha value is -2.56. The van der Waals surface area contributed by atoms with Crippen LogP contribution < -0.4 is 0 Å². The molecule has 1 aromatic heterocycles. The standard InChI is InChI=1S/C16H16O5/c1-3-19-15(17)11-7-8-12(14-6-5-9-21-14)13(10-11)16(18)20-4-2/h5-10H,3-4H2,1-2H3. The third-order valence-corrected chi connectivity index (χ3v) is 2.81. The van der Waals surface area contributed by atoms with Gasteiger partial charge in [0, 0.05) is 5.56 Å². The van der Waals surface area contributed by atoms with E-state index in [4.69, 9.17) is 13.9 Å². The van der Waals surface area contributed by atoms with E-state index in [9.17, 15) is 9.59 Å². The molecule has 0 aliphatic carbocycles. The molecule has 0 bridgehead atoms. The zero-order valence-corrected chi connectivity index (χ0v) is 11.9. The summed E-state index contributed by atoms with van der Waals surface area (Å²) >= 11 is 0. The summed E-state index contributed by atoms with van der Waals surface area (Å²) in [4.78, 5) is 23.9. The Morgan fingerprint density at radius 1 is 1.05 bits per heavy atom. The Bertz CT molecular complexity index is 628. The van der Waals surface area contributed by atoms with Crippen molar-refractivity contribution in [1.29, 1.82) is 0 Å². The average Bonchev–Trinajstić information content (AvgIpc) is 3.01. The zero-order valence-electron chi connectivity index (χ0n) is 11.9. The Morgan fingerprint density at radius 2 is 1.76 bits per heavy atom. The molecule has 0 aliphatic heterocycles. The number of carbonyl (C=O) groups excluding carboxylic acids is 2. The van der Waals surface area contributed by atoms with Crippen molar-refractivity contribution in [1.82, 2.24) is 0 Å². The van der Waals surface area contributed by atoms with Crippen molar-refractivity contribution in [3.8, 4) is 11.3 Å². The van der Waals surface area contributed by atoms with Gasteiger partial charge >= 0.3 is 11.9 Å². The summed E-state index contributed by atoms with van der Waals surface area (Å²) in [5.41, 5.74) is 1.15. The summed E-state index contributed by atoms with van der Waals surface area (Å²) in [6.07, 6.45) is 1.52. The van der Waals surface area contributed by atoms with Crippen molar-refractivity contribution >= 4 is 11.9 Å². The molecule has 0 saturated carbocycles. The van der Waals surface area contributed by atoms with E-state index in [1.54, 1.807) is 38.1 Å². The molecule has 21 heavy (non-hydrogen) atoms. The molecule has 1 aromatic carbocycles. The van der Waals surface area contributed by atoms with E-state index >= 15 is 0 Å². The minimum atomic E-state index is -0.505. The highest BCUT2D eigenvalue weighted by atomic mass is 16.5. The fourth-order valence-electron chi connectivity index (χ4n) is 1.91. The minimum Gasteiger partial charge on any atom is -0.464 e. The molecule has 0 spiro atoms. The van der Waals surface area contributed by atoms with Gasteiger partial charge in [-0.1, -0.05) is 0 Å². The molecule has 0 fully saturated rings. The van der Waals surface area contributed by atoms with Crippen LogP contribution in [-0.2, 0) is 9.47 Å². The largest absolute Gasteiger partial charge is 0.464 e. The predicted octanol–water partition coefficient (Wildman–Crippen LogP) is 3.30. The maximum Gasteiger partial charge on any atom is 0.338 e. The normalized spacial score (nSPS) is 10.2. The summed E-state index contributed by atoms with van der Waals surface area (Å²) in [6, 6.07) is 8.18. The first-order chi connectivity index (χ1) is 10.2. The fourth-order valence-corrected chi connectivity index (χ4v) is 1.91. The Labute approximate surface area is 122 Å². The lowest BCUT2D eigenvalue weighted by atomic mass is 10.0. The predicted molar refractivity (Wildman–Crippen MR) is 76.1 cm³/mol. The Kier molecular flexibility index (Phi) is 4.77. The van der Waals surface area contributed by atoms with Gasteiger partial charge in [0.25, 0.3) is 0 Å². The Morgan fingerprint density at radius 3 is 2.38 bits per heavy atom. The SMILES string of the molecule is CCOC(=O)c1ccc(-c2ccco2)c(C(=O)OCC)c1. The van der Waals surface area contributed by atoms with Crippen molar-refractivity contribution in [2.45, 2.75) is 13.8 Å². The molecular weight excluding hydrogens is 272 g/mol. The van der Waals surface area contributed by atoms with Gasteiger partial charge in [-0.05, 0) is 44.2 Å². The highest BCUT2D eigenvalue weighted by Gasteiger charge is 2.19. The van der Waals surface area contributed by atoms with Crippen molar-refractivity contribution in [3.63, 3.8) is 0 Å². The molecule has 0 atom stereocenters. The number of furan rings is 1. The van der Waals surface area contributed by atoms with Crippen LogP contribution in [0.15, 0.2) is 41.0 Å². The third-order valence-electron chi connectivity index (χ3n) is 2.81. The molecule has 5 heteroatoms. The Balaban J connectivity index is 2.46. The van der Waals surface area contributed by atoms with Crippen LogP contribution in [0.4, 0.5) is 0 Å². The lowest BCUT2D eigenvalue weighted by Crippen LogP contribution is -2.10. The van der Waals surface area contributed by atoms with Crippen molar-refractivity contribution in [2.24, 2.45) is 0 Å². The summed E-state index contributed by atoms with van der Waals surface area (Å²) < 4.78 is 15.3. The van der Waals surface area contributed by atoms with E-state index in [-0.39, 0.29) is 18.8 Å². The topological polar surface area (TPSA) is 65.7 Å². The number of carbonyl (C=O) groups is 2. The molecule has 110 valence electrons. The van der Waals surface area contributed by atoms with Gasteiger partial charge in [-0.2, -0.15) is 0 Å². The second kappa shape index (κ2) is 6.74. The molecule has 0 unspecified atom stereocenters. The molecule has 0 radical (unpaired) electrons. The van der Waals surface area contributed by atoms with E-state index < -0.39 is 11.9 Å². The number of ether oxygens (including phenoxy) is 2. The lowest BCUT2D eigenvalue weighted by Gasteiger charge is -2.09. The van der Waals surface area contributed by atoms with Crippen LogP contribution in [0.5, 0.6) is 0 Å². The van der Waals surface area contributed by atoms with E-state index in [1.807, 2.05) is 0 Å². The van der Waals surface area contributed by atoms with Crippen LogP contribution in [0.1, 0.15) is 34.6 Å². The van der Waals surface area contributed by atoms with Gasteiger partial charge in [-0.15, -0.1) is 0 Å². The molecule has 1 heterocycles. The van der Waals surface area contributed by atoms with Crippen molar-refractivity contribution in [2.75, 3.05) is 13.2 Å². The van der Waals surface area contributed by atoms with Gasteiger partial charge in [0.1, 0.15) is 5.76 Å². The first-order valence-corrected chi connectivity index (χ1v) is 6.69. The summed E-state index contributed by atoms with van der Waals surface area (Å²) in [5.74, 6) is -0.447. The second-order valence-electron chi connectivity index (χ2n) is 4.18. The van der Waals surface area contributed by atoms with E-state index in [1.165, 1.54) is 12.3 Å². The molecule has 2 rings (SSSR count). The first-order valence-electron chi connectivity index (χ1n) is 6.69. The van der Waals surface area contributed by atoms with Gasteiger partial charge in [0.05, 0.1) is 30.6 Å². The molecule has 0 saturated heterocycles. The number of benzene rings is 1. The molecule has 5 nitrogen and oxygen atoms in total. The van der Waals surface area contributed by atoms with Crippen LogP contribution >= 0.6 is 0 Å². The maximum absolute atomic E-state index is 12.1. The molecule has 0 N–H and O–H groups in total. The van der Waals surface area contributed by atoms with E-state index in [2.05, 4.69) is 0 Å². The van der Waals surface area contributed by atoms with Gasteiger partial charge in [-0.25, -0.2) is 9.59 Å². The monoisotopic (exact) mass is 288 g/mol. The molecule has 0 amide bonds. The van der Waals surface area contributed by atoms with Crippen LogP contribution in [0.25, 0.3) is 11.3 Å². The van der Waals surface area contributed by atoms with Gasteiger partial charge in [0.15, 0.2) is 0 Å². The highest BCUT2D eigenvalue weighted by molar-refractivity contribution is 6.00. The van der Waals surface area contributed by atoms with Crippen molar-refractivity contribution in [3.05, 3.63) is 47.7 Å². The molecule has 0 aliphatic rings. The number of hydrogen-bond acceptors (Lipinski definition) is 5. The lowest BCUT2D eigenvalue weighted by molar-refractivity contribution is 0.0525. The number of hydrogen-bond donors (Lipinski definition) is 0. The number of esters is 2. The second-order valence-corrected chi connectivity index (χ2v) is 4.18. The first kappa shape index (κ1) is 14.8. The van der Waals surface area contributed by atoms with Gasteiger partial charge < -0.3 is 13.9 Å². The van der Waals surface area contributed by atoms with Crippen LogP contribution in [0, 0.1) is 0 Å². The van der Waals surface area contributed by atoms with Crippen LogP contribution in [-0.4, -0.2) is 25.2 Å². The van der Waals surface area contributed by atoms with Crippen molar-refractivity contribution < 1.29 is 23.5 Å². The smallest absolute Gasteiger partial charge is 0.338 e. The number of rotatable bonds is 5. The minimum absolute atomic E-state index is 0.250. The van der Waals surface area contributed by atoms with E-state index in [0.29, 0.717) is 16.9 Å². The van der Waals surface area contributed by atoms with Crippen LogP contribution in [0.2, 0.25) is 0 Å². The van der Waals surface area contributed by atoms with Gasteiger partial charge in [0.2, 0.25) is 0 Å². The van der Waals surface area contributed by atoms with Crippen LogP contribution in [0.3, 0.4) is 0 Å². The van der Waals surface area contributed by atoms with Gasteiger partial charge in [-0.3, -0.25) is 0 Å². The van der Waals surface area contributed by atoms with E-state index in [0.717, 1.165) is 0 Å². The molecule has 2 aromatic rings. The fraction of sp³-hybridized carbons (Fsp3) is 0.250. The summed E-state index contributed by atoms with van der Waals surface area (Å²) in [7, 11) is 0. The third kappa shape index (κ3) is 3.31. The quantitative estimate of drug-likeness (QED) is 0.790. The highest BCUT2D eigenvalue weighted by Crippen LogP contribution is 2.26. The average molecular weight is 288 g/mol. The maximum atomic E-state index is 12.1. The molecular formula is C16H16O5. The summed E-state index contributed by atoms with van der Waals surface area (Å²) in [5, 5.41) is 0. The summed E-state index contributed by atoms with van der Waals surface area (Å²) in [6.45, 7) is 3.97. The zero-order chi connectivity index (χ0) is 15.2.